The van der Waals surface area contributed by atoms with Gasteiger partial charge in [0.05, 0.1) is 6.10 Å². The van der Waals surface area contributed by atoms with Gasteiger partial charge in [-0.3, -0.25) is 9.59 Å². The van der Waals surface area contributed by atoms with Crippen molar-refractivity contribution in [3.63, 3.8) is 0 Å². The van der Waals surface area contributed by atoms with E-state index < -0.39 is 0 Å². The maximum Gasteiger partial charge on any atom is 0.306 e. The quantitative estimate of drug-likeness (QED) is 0.374. The Morgan fingerprint density at radius 3 is 1.54 bits per heavy atom. The van der Waals surface area contributed by atoms with Crippen molar-refractivity contribution in [1.82, 2.24) is 0 Å². The van der Waals surface area contributed by atoms with Crippen molar-refractivity contribution in [2.45, 2.75) is 123 Å². The molecule has 0 aromatic carbocycles. The van der Waals surface area contributed by atoms with Gasteiger partial charge in [0, 0.05) is 23.7 Å². The molecule has 2 aliphatic heterocycles. The van der Waals surface area contributed by atoms with E-state index in [2.05, 4.69) is 27.7 Å². The fourth-order valence-corrected chi connectivity index (χ4v) is 4.54. The molecule has 5 heteroatoms. The number of ether oxygens (including phenoxy) is 2. The molecule has 2 atom stereocenters. The zero-order valence-electron chi connectivity index (χ0n) is 18.3. The summed E-state index contributed by atoms with van der Waals surface area (Å²) < 4.78 is 10.8. The molecule has 2 rings (SSSR count). The van der Waals surface area contributed by atoms with Gasteiger partial charge in [0.25, 0.3) is 0 Å². The first-order valence-corrected chi connectivity index (χ1v) is 11.2. The summed E-state index contributed by atoms with van der Waals surface area (Å²) in [4.78, 5) is 22.6. The molecule has 1 N–H and O–H groups in total. The first-order valence-electron chi connectivity index (χ1n) is 11.2. The Kier molecular flexibility index (Phi) is 8.35. The minimum absolute atomic E-state index is 0.0202. The number of hydrogen-bond donors (Lipinski definition) is 1. The molecule has 2 fully saturated rings. The van der Waals surface area contributed by atoms with E-state index in [1.807, 2.05) is 0 Å². The molecule has 2 heterocycles. The van der Waals surface area contributed by atoms with Crippen molar-refractivity contribution in [2.75, 3.05) is 0 Å². The number of rotatable bonds is 12. The topological polar surface area (TPSA) is 72.8 Å². The van der Waals surface area contributed by atoms with Crippen LogP contribution in [0.1, 0.15) is 105 Å². The van der Waals surface area contributed by atoms with Crippen LogP contribution < -0.4 is 0 Å². The molecule has 0 spiro atoms. The molecule has 5 nitrogen and oxygen atoms in total. The Balaban J connectivity index is 1.53. The van der Waals surface area contributed by atoms with Crippen LogP contribution in [0.4, 0.5) is 0 Å². The van der Waals surface area contributed by atoms with Crippen LogP contribution in [0.5, 0.6) is 0 Å². The number of carbonyl (C=O) groups excluding carboxylic acids is 2. The van der Waals surface area contributed by atoms with E-state index in [1.54, 1.807) is 0 Å². The molecular weight excluding hydrogens is 356 g/mol. The van der Waals surface area contributed by atoms with Crippen LogP contribution in [0.2, 0.25) is 0 Å². The summed E-state index contributed by atoms with van der Waals surface area (Å²) in [6.07, 6.45) is 10.5. The van der Waals surface area contributed by atoms with E-state index in [9.17, 15) is 14.7 Å². The summed E-state index contributed by atoms with van der Waals surface area (Å²) in [6, 6.07) is 0. The second-order valence-electron chi connectivity index (χ2n) is 10.2. The second-order valence-corrected chi connectivity index (χ2v) is 10.2. The summed E-state index contributed by atoms with van der Waals surface area (Å²) in [5, 5.41) is 10.3. The molecule has 0 amide bonds. The van der Waals surface area contributed by atoms with Gasteiger partial charge in [-0.1, -0.05) is 53.4 Å². The molecule has 0 bridgehead atoms. The Labute approximate surface area is 170 Å². The molecule has 0 aliphatic carbocycles. The summed E-state index contributed by atoms with van der Waals surface area (Å²) in [6.45, 7) is 8.71. The molecule has 2 saturated heterocycles. The van der Waals surface area contributed by atoms with E-state index in [1.165, 1.54) is 0 Å². The number of unbranched alkanes of at least 4 members (excludes halogenated alkanes) is 2. The highest BCUT2D eigenvalue weighted by Crippen LogP contribution is 2.37. The van der Waals surface area contributed by atoms with Gasteiger partial charge in [-0.15, -0.1) is 0 Å². The van der Waals surface area contributed by atoms with Crippen molar-refractivity contribution in [2.24, 2.45) is 10.8 Å². The van der Waals surface area contributed by atoms with Crippen LogP contribution in [0.15, 0.2) is 0 Å². The van der Waals surface area contributed by atoms with Gasteiger partial charge < -0.3 is 14.6 Å². The average Bonchev–Trinajstić information content (AvgIpc) is 3.25. The fourth-order valence-electron chi connectivity index (χ4n) is 4.54. The Bertz CT molecular complexity index is 479. The van der Waals surface area contributed by atoms with Gasteiger partial charge in [-0.25, -0.2) is 0 Å². The van der Waals surface area contributed by atoms with Gasteiger partial charge in [0.15, 0.2) is 0 Å². The SMILES string of the molecule is CC(C)(CCCCC(O)CCCCC(C)(C)C1CCC(=O)O1)C1CCC(=O)O1. The van der Waals surface area contributed by atoms with Crippen LogP contribution in [0.25, 0.3) is 0 Å². The molecule has 28 heavy (non-hydrogen) atoms. The van der Waals surface area contributed by atoms with Crippen LogP contribution in [0, 0.1) is 10.8 Å². The van der Waals surface area contributed by atoms with Crippen molar-refractivity contribution in [3.8, 4) is 0 Å². The molecule has 0 saturated carbocycles. The van der Waals surface area contributed by atoms with E-state index >= 15 is 0 Å². The third-order valence-electron chi connectivity index (χ3n) is 6.73. The lowest BCUT2D eigenvalue weighted by atomic mass is 9.79. The third-order valence-corrected chi connectivity index (χ3v) is 6.73. The number of aliphatic hydroxyl groups is 1. The highest BCUT2D eigenvalue weighted by molar-refractivity contribution is 5.71. The third kappa shape index (κ3) is 7.06. The lowest BCUT2D eigenvalue weighted by molar-refractivity contribution is -0.146. The fraction of sp³-hybridized carbons (Fsp3) is 0.913. The number of carbonyl (C=O) groups is 2. The largest absolute Gasteiger partial charge is 0.462 e. The van der Waals surface area contributed by atoms with Crippen molar-refractivity contribution in [1.29, 1.82) is 0 Å². The Morgan fingerprint density at radius 2 is 1.21 bits per heavy atom. The second kappa shape index (κ2) is 10.1. The van der Waals surface area contributed by atoms with E-state index in [4.69, 9.17) is 9.47 Å². The first kappa shape index (κ1) is 23.2. The maximum atomic E-state index is 11.3. The average molecular weight is 397 g/mol. The molecule has 162 valence electrons. The monoisotopic (exact) mass is 396 g/mol. The summed E-state index contributed by atoms with van der Waals surface area (Å²) in [5.74, 6) is -0.134. The number of cyclic esters (lactones) is 2. The Hall–Kier alpha value is -1.10. The van der Waals surface area contributed by atoms with Crippen molar-refractivity contribution >= 4 is 11.9 Å². The van der Waals surface area contributed by atoms with Crippen molar-refractivity contribution < 1.29 is 24.2 Å². The molecule has 0 aromatic heterocycles. The summed E-state index contributed by atoms with van der Waals surface area (Å²) in [5.41, 5.74) is 0.0405. The number of hydrogen-bond acceptors (Lipinski definition) is 5. The van der Waals surface area contributed by atoms with Crippen LogP contribution in [0.3, 0.4) is 0 Å². The molecule has 0 aromatic rings. The van der Waals surface area contributed by atoms with Gasteiger partial charge in [0.1, 0.15) is 12.2 Å². The summed E-state index contributed by atoms with van der Waals surface area (Å²) in [7, 11) is 0. The van der Waals surface area contributed by atoms with E-state index in [0.29, 0.717) is 12.8 Å². The molecule has 2 aliphatic rings. The molecule has 0 radical (unpaired) electrons. The highest BCUT2D eigenvalue weighted by Gasteiger charge is 2.37. The smallest absolute Gasteiger partial charge is 0.306 e. The van der Waals surface area contributed by atoms with Gasteiger partial charge in [0.2, 0.25) is 0 Å². The number of esters is 2. The minimum Gasteiger partial charge on any atom is -0.462 e. The van der Waals surface area contributed by atoms with Crippen LogP contribution >= 0.6 is 0 Å². The van der Waals surface area contributed by atoms with E-state index in [-0.39, 0.29) is 41.1 Å². The maximum absolute atomic E-state index is 11.3. The van der Waals surface area contributed by atoms with E-state index in [0.717, 1.165) is 64.2 Å². The first-order chi connectivity index (χ1) is 13.1. The standard InChI is InChI=1S/C23H40O5/c1-22(2,18-11-13-20(25)27-18)15-7-5-9-17(24)10-6-8-16-23(3,4)19-12-14-21(26)28-19/h17-19,24H,5-16H2,1-4H3. The highest BCUT2D eigenvalue weighted by atomic mass is 16.6. The lowest BCUT2D eigenvalue weighted by Crippen LogP contribution is -2.29. The van der Waals surface area contributed by atoms with Crippen LogP contribution in [-0.4, -0.2) is 35.4 Å². The zero-order valence-corrected chi connectivity index (χ0v) is 18.3. The minimum atomic E-state index is -0.236. The predicted octanol–water partition coefficient (Wildman–Crippen LogP) is 4.93. The predicted molar refractivity (Wildman–Crippen MR) is 109 cm³/mol. The number of aliphatic hydroxyl groups excluding tert-OH is 1. The van der Waals surface area contributed by atoms with Gasteiger partial charge >= 0.3 is 11.9 Å². The van der Waals surface area contributed by atoms with Crippen molar-refractivity contribution in [3.05, 3.63) is 0 Å². The van der Waals surface area contributed by atoms with Gasteiger partial charge in [-0.05, 0) is 38.5 Å². The lowest BCUT2D eigenvalue weighted by Gasteiger charge is -2.30. The summed E-state index contributed by atoms with van der Waals surface area (Å²) >= 11 is 0. The molecular formula is C23H40O5. The Morgan fingerprint density at radius 1 is 0.821 bits per heavy atom. The molecule has 2 unspecified atom stereocenters. The zero-order chi connectivity index (χ0) is 20.8. The van der Waals surface area contributed by atoms with Gasteiger partial charge in [-0.2, -0.15) is 0 Å². The normalized spacial score (nSPS) is 24.3. The van der Waals surface area contributed by atoms with Crippen LogP contribution in [-0.2, 0) is 19.1 Å².